The van der Waals surface area contributed by atoms with Gasteiger partial charge in [0.2, 0.25) is 0 Å². The summed E-state index contributed by atoms with van der Waals surface area (Å²) in [6.45, 7) is 6.60. The predicted molar refractivity (Wildman–Crippen MR) is 86.1 cm³/mol. The molecule has 0 aliphatic rings. The van der Waals surface area contributed by atoms with Crippen molar-refractivity contribution < 1.29 is 0 Å². The average Bonchev–Trinajstić information content (AvgIpc) is 2.42. The van der Waals surface area contributed by atoms with Crippen molar-refractivity contribution in [2.75, 3.05) is 13.1 Å². The van der Waals surface area contributed by atoms with Crippen molar-refractivity contribution in [2.45, 2.75) is 58.3 Å². The SMILES string of the molecule is CCCCCCC(CNCCC)c1ccccc1Cl. The van der Waals surface area contributed by atoms with E-state index in [-0.39, 0.29) is 0 Å². The zero-order valence-corrected chi connectivity index (χ0v) is 13.2. The molecule has 0 aromatic heterocycles. The first-order valence-corrected chi connectivity index (χ1v) is 8.12. The third-order valence-corrected chi connectivity index (χ3v) is 3.91. The Labute approximate surface area is 123 Å². The van der Waals surface area contributed by atoms with Crippen molar-refractivity contribution in [2.24, 2.45) is 0 Å². The van der Waals surface area contributed by atoms with Crippen molar-refractivity contribution in [3.63, 3.8) is 0 Å². The highest BCUT2D eigenvalue weighted by Gasteiger charge is 2.13. The van der Waals surface area contributed by atoms with E-state index in [1.807, 2.05) is 12.1 Å². The van der Waals surface area contributed by atoms with Gasteiger partial charge < -0.3 is 5.32 Å². The van der Waals surface area contributed by atoms with E-state index in [9.17, 15) is 0 Å². The van der Waals surface area contributed by atoms with Gasteiger partial charge in [-0.05, 0) is 36.9 Å². The lowest BCUT2D eigenvalue weighted by atomic mass is 9.92. The average molecular weight is 282 g/mol. The van der Waals surface area contributed by atoms with Gasteiger partial charge in [0.1, 0.15) is 0 Å². The lowest BCUT2D eigenvalue weighted by Crippen LogP contribution is -2.22. The highest BCUT2D eigenvalue weighted by atomic mass is 35.5. The second-order valence-electron chi connectivity index (χ2n) is 5.27. The Bertz CT molecular complexity index is 338. The van der Waals surface area contributed by atoms with E-state index < -0.39 is 0 Å². The van der Waals surface area contributed by atoms with Crippen molar-refractivity contribution in [3.8, 4) is 0 Å². The summed E-state index contributed by atoms with van der Waals surface area (Å²) in [6.07, 6.45) is 7.71. The largest absolute Gasteiger partial charge is 0.316 e. The Morgan fingerprint density at radius 3 is 2.53 bits per heavy atom. The number of halogens is 1. The third kappa shape index (κ3) is 6.44. The molecule has 0 saturated heterocycles. The summed E-state index contributed by atoms with van der Waals surface area (Å²) in [4.78, 5) is 0. The van der Waals surface area contributed by atoms with Crippen molar-refractivity contribution in [1.29, 1.82) is 0 Å². The van der Waals surface area contributed by atoms with E-state index in [4.69, 9.17) is 11.6 Å². The molecule has 1 unspecified atom stereocenters. The van der Waals surface area contributed by atoms with Crippen LogP contribution in [0.5, 0.6) is 0 Å². The van der Waals surface area contributed by atoms with Gasteiger partial charge >= 0.3 is 0 Å². The molecule has 1 atom stereocenters. The van der Waals surface area contributed by atoms with Crippen LogP contribution in [0.2, 0.25) is 5.02 Å². The summed E-state index contributed by atoms with van der Waals surface area (Å²) in [5, 5.41) is 4.46. The Hall–Kier alpha value is -0.530. The van der Waals surface area contributed by atoms with Crippen LogP contribution in [0.15, 0.2) is 24.3 Å². The molecule has 108 valence electrons. The van der Waals surface area contributed by atoms with Crippen LogP contribution in [0, 0.1) is 0 Å². The summed E-state index contributed by atoms with van der Waals surface area (Å²) < 4.78 is 0. The van der Waals surface area contributed by atoms with Crippen molar-refractivity contribution in [3.05, 3.63) is 34.9 Å². The van der Waals surface area contributed by atoms with Gasteiger partial charge in [-0.2, -0.15) is 0 Å². The summed E-state index contributed by atoms with van der Waals surface area (Å²) >= 11 is 6.34. The van der Waals surface area contributed by atoms with E-state index in [1.165, 1.54) is 44.1 Å². The highest BCUT2D eigenvalue weighted by molar-refractivity contribution is 6.31. The molecule has 0 bridgehead atoms. The van der Waals surface area contributed by atoms with Crippen LogP contribution in [-0.2, 0) is 0 Å². The van der Waals surface area contributed by atoms with E-state index in [0.29, 0.717) is 5.92 Å². The maximum Gasteiger partial charge on any atom is 0.0441 e. The van der Waals surface area contributed by atoms with Crippen molar-refractivity contribution in [1.82, 2.24) is 5.32 Å². The minimum absolute atomic E-state index is 0.553. The first kappa shape index (κ1) is 16.5. The van der Waals surface area contributed by atoms with Crippen LogP contribution in [0.25, 0.3) is 0 Å². The number of benzene rings is 1. The summed E-state index contributed by atoms with van der Waals surface area (Å²) in [5.74, 6) is 0.553. The zero-order valence-electron chi connectivity index (χ0n) is 12.4. The van der Waals surface area contributed by atoms with Gasteiger partial charge in [0, 0.05) is 11.6 Å². The Kier molecular flexibility index (Phi) is 8.94. The molecule has 0 spiro atoms. The second kappa shape index (κ2) is 10.3. The fourth-order valence-electron chi connectivity index (χ4n) is 2.44. The van der Waals surface area contributed by atoms with E-state index in [1.54, 1.807) is 0 Å². The van der Waals surface area contributed by atoms with E-state index in [2.05, 4.69) is 31.3 Å². The van der Waals surface area contributed by atoms with Gasteiger partial charge in [0.05, 0.1) is 0 Å². The molecule has 0 radical (unpaired) electrons. The Morgan fingerprint density at radius 1 is 1.05 bits per heavy atom. The van der Waals surface area contributed by atoms with Gasteiger partial charge in [-0.15, -0.1) is 0 Å². The number of nitrogens with one attached hydrogen (secondary N) is 1. The monoisotopic (exact) mass is 281 g/mol. The van der Waals surface area contributed by atoms with Crippen LogP contribution in [-0.4, -0.2) is 13.1 Å². The van der Waals surface area contributed by atoms with Gasteiger partial charge in [-0.25, -0.2) is 0 Å². The van der Waals surface area contributed by atoms with Gasteiger partial charge in [-0.3, -0.25) is 0 Å². The molecule has 1 N–H and O–H groups in total. The predicted octanol–water partition coefficient (Wildman–Crippen LogP) is 5.39. The molecular weight excluding hydrogens is 254 g/mol. The molecule has 1 nitrogen and oxygen atoms in total. The second-order valence-corrected chi connectivity index (χ2v) is 5.68. The molecule has 1 rings (SSSR count). The molecule has 0 fully saturated rings. The highest BCUT2D eigenvalue weighted by Crippen LogP contribution is 2.28. The fourth-order valence-corrected chi connectivity index (χ4v) is 2.73. The smallest absolute Gasteiger partial charge is 0.0441 e. The van der Waals surface area contributed by atoms with Crippen LogP contribution >= 0.6 is 11.6 Å². The first-order chi connectivity index (χ1) is 9.29. The Balaban J connectivity index is 2.55. The quantitative estimate of drug-likeness (QED) is 0.567. The molecule has 0 amide bonds. The summed E-state index contributed by atoms with van der Waals surface area (Å²) in [6, 6.07) is 8.30. The third-order valence-electron chi connectivity index (χ3n) is 3.57. The molecule has 1 aromatic rings. The summed E-state index contributed by atoms with van der Waals surface area (Å²) in [7, 11) is 0. The molecule has 1 aromatic carbocycles. The molecule has 0 heterocycles. The topological polar surface area (TPSA) is 12.0 Å². The molecule has 0 saturated carbocycles. The zero-order chi connectivity index (χ0) is 13.9. The van der Waals surface area contributed by atoms with Gasteiger partial charge in [-0.1, -0.05) is 69.3 Å². The summed E-state index contributed by atoms with van der Waals surface area (Å²) in [5.41, 5.74) is 1.31. The van der Waals surface area contributed by atoms with Gasteiger partial charge in [0.15, 0.2) is 0 Å². The molecule has 2 heteroatoms. The van der Waals surface area contributed by atoms with Crippen LogP contribution < -0.4 is 5.32 Å². The van der Waals surface area contributed by atoms with Gasteiger partial charge in [0.25, 0.3) is 0 Å². The molecule has 19 heavy (non-hydrogen) atoms. The molecule has 0 aliphatic heterocycles. The van der Waals surface area contributed by atoms with E-state index in [0.717, 1.165) is 18.1 Å². The van der Waals surface area contributed by atoms with Crippen LogP contribution in [0.4, 0.5) is 0 Å². The van der Waals surface area contributed by atoms with Crippen LogP contribution in [0.1, 0.15) is 63.9 Å². The first-order valence-electron chi connectivity index (χ1n) is 7.74. The maximum absolute atomic E-state index is 6.34. The Morgan fingerprint density at radius 2 is 1.84 bits per heavy atom. The van der Waals surface area contributed by atoms with E-state index >= 15 is 0 Å². The normalized spacial score (nSPS) is 12.6. The lowest BCUT2D eigenvalue weighted by molar-refractivity contribution is 0.513. The van der Waals surface area contributed by atoms with Crippen molar-refractivity contribution >= 4 is 11.6 Å². The van der Waals surface area contributed by atoms with Crippen LogP contribution in [0.3, 0.4) is 0 Å². The number of rotatable bonds is 10. The molecular formula is C17H28ClN. The number of unbranched alkanes of at least 4 members (excludes halogenated alkanes) is 3. The molecule has 0 aliphatic carbocycles. The number of hydrogen-bond donors (Lipinski definition) is 1. The minimum atomic E-state index is 0.553. The minimum Gasteiger partial charge on any atom is -0.316 e. The fraction of sp³-hybridized carbons (Fsp3) is 0.647. The number of hydrogen-bond acceptors (Lipinski definition) is 1. The standard InChI is InChI=1S/C17H28ClN/c1-3-5-6-7-10-15(14-19-13-4-2)16-11-8-9-12-17(16)18/h8-9,11-12,15,19H,3-7,10,13-14H2,1-2H3. The maximum atomic E-state index is 6.34. The lowest BCUT2D eigenvalue weighted by Gasteiger charge is -2.19.